The van der Waals surface area contributed by atoms with Crippen LogP contribution in [0, 0.1) is 0 Å². The molecule has 5 nitrogen and oxygen atoms in total. The number of imide groups is 1. The number of anilines is 2. The van der Waals surface area contributed by atoms with Crippen molar-refractivity contribution in [1.29, 1.82) is 0 Å². The molecule has 1 heterocycles. The number of hydrogen-bond acceptors (Lipinski definition) is 3. The Morgan fingerprint density at radius 3 is 2.17 bits per heavy atom. The first-order valence-corrected chi connectivity index (χ1v) is 7.58. The van der Waals surface area contributed by atoms with Gasteiger partial charge in [-0.05, 0) is 29.8 Å². The average molecular weight is 341 g/mol. The van der Waals surface area contributed by atoms with Gasteiger partial charge in [-0.25, -0.2) is 4.90 Å². The minimum absolute atomic E-state index is 0.0999. The van der Waals surface area contributed by atoms with E-state index in [1.165, 1.54) is 6.92 Å². The van der Waals surface area contributed by atoms with Crippen LogP contribution < -0.4 is 10.2 Å². The fraction of sp³-hybridized carbons (Fsp3) is 0.0556. The highest BCUT2D eigenvalue weighted by Crippen LogP contribution is 2.35. The van der Waals surface area contributed by atoms with Gasteiger partial charge in [0, 0.05) is 12.6 Å². The van der Waals surface area contributed by atoms with E-state index < -0.39 is 11.8 Å². The second-order valence-corrected chi connectivity index (χ2v) is 5.61. The van der Waals surface area contributed by atoms with Crippen LogP contribution in [0.15, 0.2) is 59.6 Å². The summed E-state index contributed by atoms with van der Waals surface area (Å²) in [7, 11) is 0. The highest BCUT2D eigenvalue weighted by Gasteiger charge is 2.39. The number of carbonyl (C=O) groups excluding carboxylic acids is 3. The van der Waals surface area contributed by atoms with Crippen molar-refractivity contribution >= 4 is 46.3 Å². The van der Waals surface area contributed by atoms with E-state index in [2.05, 4.69) is 5.32 Å². The third-order valence-corrected chi connectivity index (χ3v) is 3.89. The summed E-state index contributed by atoms with van der Waals surface area (Å²) in [5.41, 5.74) is 1.75. The van der Waals surface area contributed by atoms with E-state index in [0.29, 0.717) is 16.9 Å². The predicted molar refractivity (Wildman–Crippen MR) is 92.5 cm³/mol. The maximum atomic E-state index is 12.7. The molecule has 3 rings (SSSR count). The Balaban J connectivity index is 1.93. The second-order valence-electron chi connectivity index (χ2n) is 5.23. The Bertz CT molecular complexity index is 858. The van der Waals surface area contributed by atoms with E-state index in [-0.39, 0.29) is 16.5 Å². The third-order valence-electron chi connectivity index (χ3n) is 3.54. The Kier molecular flexibility index (Phi) is 4.18. The summed E-state index contributed by atoms with van der Waals surface area (Å²) in [6, 6.07) is 15.2. The monoisotopic (exact) mass is 340 g/mol. The molecule has 1 aliphatic rings. The van der Waals surface area contributed by atoms with E-state index in [9.17, 15) is 14.4 Å². The number of amides is 3. The zero-order chi connectivity index (χ0) is 17.3. The molecule has 0 saturated carbocycles. The van der Waals surface area contributed by atoms with Gasteiger partial charge in [-0.15, -0.1) is 0 Å². The molecule has 0 saturated heterocycles. The lowest BCUT2D eigenvalue weighted by atomic mass is 10.1. The van der Waals surface area contributed by atoms with Crippen LogP contribution in [0.1, 0.15) is 12.5 Å². The normalized spacial score (nSPS) is 14.3. The van der Waals surface area contributed by atoms with Crippen molar-refractivity contribution in [3.05, 3.63) is 65.2 Å². The van der Waals surface area contributed by atoms with Crippen molar-refractivity contribution in [2.45, 2.75) is 6.92 Å². The molecule has 0 atom stereocenters. The van der Waals surface area contributed by atoms with Gasteiger partial charge in [0.1, 0.15) is 5.03 Å². The molecule has 0 aromatic heterocycles. The molecule has 0 bridgehead atoms. The standard InChI is InChI=1S/C18H13ClN2O3/c1-11(22)20-13-7-9-14(10-8-13)21-17(23)15(16(19)18(21)24)12-5-3-2-4-6-12/h2-10H,1H3,(H,20,22). The topological polar surface area (TPSA) is 66.5 Å². The molecule has 24 heavy (non-hydrogen) atoms. The minimum atomic E-state index is -0.562. The average Bonchev–Trinajstić information content (AvgIpc) is 2.78. The molecule has 0 spiro atoms. The predicted octanol–water partition coefficient (Wildman–Crippen LogP) is 3.17. The molecule has 3 amide bonds. The third kappa shape index (κ3) is 2.81. The number of rotatable bonds is 3. The number of hydrogen-bond donors (Lipinski definition) is 1. The van der Waals surface area contributed by atoms with Crippen LogP contribution in [-0.2, 0) is 14.4 Å². The van der Waals surface area contributed by atoms with Gasteiger partial charge in [0.15, 0.2) is 0 Å². The summed E-state index contributed by atoms with van der Waals surface area (Å²) in [6.45, 7) is 1.40. The van der Waals surface area contributed by atoms with E-state index in [0.717, 1.165) is 4.90 Å². The molecule has 2 aromatic carbocycles. The molecule has 1 N–H and O–H groups in total. The van der Waals surface area contributed by atoms with Crippen LogP contribution in [-0.4, -0.2) is 17.7 Å². The van der Waals surface area contributed by atoms with Crippen molar-refractivity contribution in [3.63, 3.8) is 0 Å². The number of nitrogens with one attached hydrogen (secondary N) is 1. The lowest BCUT2D eigenvalue weighted by Crippen LogP contribution is -2.31. The summed E-state index contributed by atoms with van der Waals surface area (Å²) < 4.78 is 0. The van der Waals surface area contributed by atoms with Crippen LogP contribution in [0.5, 0.6) is 0 Å². The van der Waals surface area contributed by atoms with Gasteiger partial charge < -0.3 is 5.32 Å². The van der Waals surface area contributed by atoms with Gasteiger partial charge >= 0.3 is 0 Å². The Labute approximate surface area is 143 Å². The van der Waals surface area contributed by atoms with Crippen LogP contribution >= 0.6 is 11.6 Å². The van der Waals surface area contributed by atoms with E-state index in [4.69, 9.17) is 11.6 Å². The number of carbonyl (C=O) groups is 3. The van der Waals surface area contributed by atoms with Crippen LogP contribution in [0.4, 0.5) is 11.4 Å². The summed E-state index contributed by atoms with van der Waals surface area (Å²) in [4.78, 5) is 37.2. The highest BCUT2D eigenvalue weighted by molar-refractivity contribution is 6.60. The van der Waals surface area contributed by atoms with Crippen molar-refractivity contribution in [1.82, 2.24) is 0 Å². The van der Waals surface area contributed by atoms with E-state index in [1.54, 1.807) is 48.5 Å². The zero-order valence-corrected chi connectivity index (χ0v) is 13.5. The number of benzene rings is 2. The van der Waals surface area contributed by atoms with Crippen molar-refractivity contribution in [3.8, 4) is 0 Å². The van der Waals surface area contributed by atoms with Gasteiger partial charge in [-0.1, -0.05) is 41.9 Å². The first-order valence-electron chi connectivity index (χ1n) is 7.20. The lowest BCUT2D eigenvalue weighted by Gasteiger charge is -2.15. The highest BCUT2D eigenvalue weighted by atomic mass is 35.5. The second kappa shape index (κ2) is 6.29. The van der Waals surface area contributed by atoms with E-state index in [1.807, 2.05) is 6.07 Å². The summed E-state index contributed by atoms with van der Waals surface area (Å²) >= 11 is 6.11. The van der Waals surface area contributed by atoms with Gasteiger partial charge in [-0.2, -0.15) is 0 Å². The molecule has 0 fully saturated rings. The molecular weight excluding hydrogens is 328 g/mol. The maximum Gasteiger partial charge on any atom is 0.277 e. The summed E-state index contributed by atoms with van der Waals surface area (Å²) in [6.07, 6.45) is 0. The first-order chi connectivity index (χ1) is 11.5. The molecular formula is C18H13ClN2O3. The van der Waals surface area contributed by atoms with Gasteiger partial charge in [0.05, 0.1) is 11.3 Å². The maximum absolute atomic E-state index is 12.7. The molecule has 6 heteroatoms. The SMILES string of the molecule is CC(=O)Nc1ccc(N2C(=O)C(Cl)=C(c3ccccc3)C2=O)cc1. The molecule has 0 unspecified atom stereocenters. The van der Waals surface area contributed by atoms with Crippen LogP contribution in [0.25, 0.3) is 5.57 Å². The summed E-state index contributed by atoms with van der Waals surface area (Å²) in [5, 5.41) is 2.52. The molecule has 0 radical (unpaired) electrons. The zero-order valence-electron chi connectivity index (χ0n) is 12.7. The van der Waals surface area contributed by atoms with E-state index >= 15 is 0 Å². The number of nitrogens with zero attached hydrogens (tertiary/aromatic N) is 1. The first kappa shape index (κ1) is 16.0. The van der Waals surface area contributed by atoms with Gasteiger partial charge in [0.2, 0.25) is 5.91 Å². The van der Waals surface area contributed by atoms with Crippen LogP contribution in [0.3, 0.4) is 0 Å². The van der Waals surface area contributed by atoms with Crippen LogP contribution in [0.2, 0.25) is 0 Å². The smallest absolute Gasteiger partial charge is 0.277 e. The summed E-state index contributed by atoms with van der Waals surface area (Å²) in [5.74, 6) is -1.23. The number of halogens is 1. The molecule has 120 valence electrons. The Morgan fingerprint density at radius 2 is 1.58 bits per heavy atom. The minimum Gasteiger partial charge on any atom is -0.326 e. The van der Waals surface area contributed by atoms with Crippen molar-refractivity contribution < 1.29 is 14.4 Å². The van der Waals surface area contributed by atoms with Crippen molar-refractivity contribution in [2.24, 2.45) is 0 Å². The Hall–Kier alpha value is -2.92. The fourth-order valence-corrected chi connectivity index (χ4v) is 2.76. The molecule has 0 aliphatic carbocycles. The molecule has 2 aromatic rings. The Morgan fingerprint density at radius 1 is 0.958 bits per heavy atom. The fourth-order valence-electron chi connectivity index (χ4n) is 2.49. The van der Waals surface area contributed by atoms with Gasteiger partial charge in [-0.3, -0.25) is 14.4 Å². The quantitative estimate of drug-likeness (QED) is 0.873. The van der Waals surface area contributed by atoms with Gasteiger partial charge in [0.25, 0.3) is 11.8 Å². The largest absolute Gasteiger partial charge is 0.326 e. The molecule has 1 aliphatic heterocycles. The van der Waals surface area contributed by atoms with Crippen molar-refractivity contribution in [2.75, 3.05) is 10.2 Å². The lowest BCUT2D eigenvalue weighted by molar-refractivity contribution is -0.120.